The van der Waals surface area contributed by atoms with Crippen LogP contribution in [-0.4, -0.2) is 12.1 Å². The Hall–Kier alpha value is -2.74. The van der Waals surface area contributed by atoms with Crippen LogP contribution >= 0.6 is 23.2 Å². The summed E-state index contributed by atoms with van der Waals surface area (Å²) in [6, 6.07) is 14.8. The highest BCUT2D eigenvalue weighted by Crippen LogP contribution is 2.42. The van der Waals surface area contributed by atoms with E-state index in [4.69, 9.17) is 33.7 Å². The third-order valence-corrected chi connectivity index (χ3v) is 4.64. The Balaban J connectivity index is 2.38. The van der Waals surface area contributed by atoms with Gasteiger partial charge in [-0.05, 0) is 36.8 Å². The van der Waals surface area contributed by atoms with E-state index < -0.39 is 0 Å². The molecule has 2 aromatic carbocycles. The van der Waals surface area contributed by atoms with Crippen LogP contribution in [0.25, 0.3) is 22.3 Å². The Morgan fingerprint density at radius 2 is 1.77 bits per heavy atom. The van der Waals surface area contributed by atoms with Gasteiger partial charge in [-0.3, -0.25) is 0 Å². The third kappa shape index (κ3) is 3.20. The lowest BCUT2D eigenvalue weighted by molar-refractivity contribution is 0.415. The molecule has 130 valence electrons. The normalized spacial score (nSPS) is 10.4. The fraction of sp³-hybridized carbons (Fsp3) is 0.100. The van der Waals surface area contributed by atoms with Gasteiger partial charge in [0.15, 0.2) is 0 Å². The van der Waals surface area contributed by atoms with Crippen molar-refractivity contribution < 1.29 is 4.74 Å². The number of methoxy groups -OCH3 is 1. The van der Waals surface area contributed by atoms with Crippen molar-refractivity contribution in [2.45, 2.75) is 6.92 Å². The molecule has 0 amide bonds. The summed E-state index contributed by atoms with van der Waals surface area (Å²) in [4.78, 5) is 4.35. The molecule has 0 atom stereocenters. The number of nitrogens with zero attached hydrogens (tertiary/aromatic N) is 2. The van der Waals surface area contributed by atoms with Crippen molar-refractivity contribution in [1.29, 1.82) is 5.26 Å². The number of anilines is 1. The summed E-state index contributed by atoms with van der Waals surface area (Å²) in [5, 5.41) is 10.6. The average Bonchev–Trinajstić information content (AvgIpc) is 2.61. The first-order valence-electron chi connectivity index (χ1n) is 7.76. The van der Waals surface area contributed by atoms with E-state index in [2.05, 4.69) is 11.1 Å². The Kier molecular flexibility index (Phi) is 5.03. The highest BCUT2D eigenvalue weighted by atomic mass is 35.5. The first-order valence-corrected chi connectivity index (χ1v) is 8.52. The number of nitrogens with two attached hydrogens (primary N) is 1. The van der Waals surface area contributed by atoms with E-state index in [-0.39, 0.29) is 11.4 Å². The van der Waals surface area contributed by atoms with Crippen LogP contribution in [0.5, 0.6) is 5.75 Å². The van der Waals surface area contributed by atoms with Crippen molar-refractivity contribution >= 4 is 29.0 Å². The summed E-state index contributed by atoms with van der Waals surface area (Å²) in [7, 11) is 1.61. The molecule has 0 aliphatic carbocycles. The van der Waals surface area contributed by atoms with Crippen molar-refractivity contribution in [3.63, 3.8) is 0 Å². The van der Waals surface area contributed by atoms with E-state index in [0.29, 0.717) is 26.9 Å². The van der Waals surface area contributed by atoms with Crippen molar-refractivity contribution in [3.05, 3.63) is 63.8 Å². The molecule has 0 aliphatic rings. The molecule has 6 heteroatoms. The summed E-state index contributed by atoms with van der Waals surface area (Å²) in [6.45, 7) is 1.85. The first kappa shape index (κ1) is 18.1. The van der Waals surface area contributed by atoms with Crippen LogP contribution < -0.4 is 10.5 Å². The second kappa shape index (κ2) is 7.25. The molecule has 0 aliphatic heterocycles. The van der Waals surface area contributed by atoms with E-state index in [1.165, 1.54) is 0 Å². The van der Waals surface area contributed by atoms with E-state index >= 15 is 0 Å². The minimum atomic E-state index is 0.170. The van der Waals surface area contributed by atoms with Gasteiger partial charge in [0.1, 0.15) is 23.2 Å². The minimum absolute atomic E-state index is 0.170. The van der Waals surface area contributed by atoms with Gasteiger partial charge in [-0.25, -0.2) is 4.98 Å². The largest absolute Gasteiger partial charge is 0.497 e. The van der Waals surface area contributed by atoms with Gasteiger partial charge >= 0.3 is 0 Å². The lowest BCUT2D eigenvalue weighted by atomic mass is 9.90. The quantitative estimate of drug-likeness (QED) is 0.648. The van der Waals surface area contributed by atoms with Crippen LogP contribution in [-0.2, 0) is 0 Å². The third-order valence-electron chi connectivity index (χ3n) is 4.10. The van der Waals surface area contributed by atoms with E-state index in [1.807, 2.05) is 31.2 Å². The highest BCUT2D eigenvalue weighted by Gasteiger charge is 2.21. The van der Waals surface area contributed by atoms with E-state index in [0.717, 1.165) is 16.9 Å². The van der Waals surface area contributed by atoms with Crippen LogP contribution in [0, 0.1) is 18.3 Å². The number of aryl methyl sites for hydroxylation is 1. The summed E-state index contributed by atoms with van der Waals surface area (Å²) in [5.41, 5.74) is 10.0. The van der Waals surface area contributed by atoms with Gasteiger partial charge in [-0.1, -0.05) is 41.4 Å². The summed E-state index contributed by atoms with van der Waals surface area (Å²) in [6.07, 6.45) is 0. The summed E-state index contributed by atoms with van der Waals surface area (Å²) < 4.78 is 5.22. The van der Waals surface area contributed by atoms with Crippen LogP contribution in [0.3, 0.4) is 0 Å². The van der Waals surface area contributed by atoms with Crippen molar-refractivity contribution in [2.24, 2.45) is 0 Å². The maximum atomic E-state index is 9.69. The Morgan fingerprint density at radius 1 is 1.08 bits per heavy atom. The van der Waals surface area contributed by atoms with Crippen LogP contribution in [0.15, 0.2) is 42.5 Å². The zero-order valence-corrected chi connectivity index (χ0v) is 15.7. The van der Waals surface area contributed by atoms with Gasteiger partial charge in [0.2, 0.25) is 0 Å². The molecule has 0 fully saturated rings. The Bertz CT molecular complexity index is 1020. The topological polar surface area (TPSA) is 71.9 Å². The maximum Gasteiger partial charge on any atom is 0.142 e. The SMILES string of the molecule is COc1ccc(-c2c(C)nc(N)c(C#N)c2-c2ccc(Cl)cc2Cl)cc1. The smallest absolute Gasteiger partial charge is 0.142 e. The molecule has 0 bridgehead atoms. The molecule has 0 spiro atoms. The summed E-state index contributed by atoms with van der Waals surface area (Å²) in [5.74, 6) is 0.907. The molecular weight excluding hydrogens is 369 g/mol. The van der Waals surface area contributed by atoms with Gasteiger partial charge < -0.3 is 10.5 Å². The van der Waals surface area contributed by atoms with Gasteiger partial charge in [0.05, 0.1) is 7.11 Å². The van der Waals surface area contributed by atoms with E-state index in [9.17, 15) is 5.26 Å². The molecule has 3 rings (SSSR count). The number of nitriles is 1. The van der Waals surface area contributed by atoms with E-state index in [1.54, 1.807) is 25.3 Å². The number of ether oxygens (including phenoxy) is 1. The highest BCUT2D eigenvalue weighted by molar-refractivity contribution is 6.36. The van der Waals surface area contributed by atoms with Crippen molar-refractivity contribution in [3.8, 4) is 34.1 Å². The number of rotatable bonds is 3. The maximum absolute atomic E-state index is 9.69. The fourth-order valence-corrected chi connectivity index (χ4v) is 3.42. The zero-order valence-electron chi connectivity index (χ0n) is 14.2. The number of hydrogen-bond acceptors (Lipinski definition) is 4. The Morgan fingerprint density at radius 3 is 2.35 bits per heavy atom. The molecule has 2 N–H and O–H groups in total. The predicted octanol–water partition coefficient (Wildman–Crippen LogP) is 5.49. The predicted molar refractivity (Wildman–Crippen MR) is 106 cm³/mol. The minimum Gasteiger partial charge on any atom is -0.497 e. The van der Waals surface area contributed by atoms with Gasteiger partial charge in [-0.15, -0.1) is 0 Å². The lowest BCUT2D eigenvalue weighted by Crippen LogP contribution is -2.03. The molecule has 4 nitrogen and oxygen atoms in total. The van der Waals surface area contributed by atoms with Crippen LogP contribution in [0.4, 0.5) is 5.82 Å². The number of aromatic nitrogens is 1. The molecule has 0 radical (unpaired) electrons. The molecule has 0 saturated carbocycles. The Labute approximate surface area is 161 Å². The molecule has 1 heterocycles. The van der Waals surface area contributed by atoms with Gasteiger partial charge in [0, 0.05) is 32.4 Å². The number of nitrogen functional groups attached to an aromatic ring is 1. The average molecular weight is 384 g/mol. The number of benzene rings is 2. The molecule has 0 saturated heterocycles. The first-order chi connectivity index (χ1) is 12.5. The molecule has 3 aromatic rings. The van der Waals surface area contributed by atoms with Crippen molar-refractivity contribution in [2.75, 3.05) is 12.8 Å². The second-order valence-corrected chi connectivity index (χ2v) is 6.52. The monoisotopic (exact) mass is 383 g/mol. The number of halogens is 2. The van der Waals surface area contributed by atoms with Crippen LogP contribution in [0.1, 0.15) is 11.3 Å². The molecular formula is C20H15Cl2N3O. The standard InChI is InChI=1S/C20H15Cl2N3O/c1-11-18(12-3-6-14(26-2)7-4-12)19(16(10-23)20(24)25-11)15-8-5-13(21)9-17(15)22/h3-9H,1-2H3,(H2,24,25). The van der Waals surface area contributed by atoms with Gasteiger partial charge in [0.25, 0.3) is 0 Å². The number of hydrogen-bond donors (Lipinski definition) is 1. The van der Waals surface area contributed by atoms with Crippen LogP contribution in [0.2, 0.25) is 10.0 Å². The van der Waals surface area contributed by atoms with Crippen molar-refractivity contribution in [1.82, 2.24) is 4.98 Å². The summed E-state index contributed by atoms with van der Waals surface area (Å²) >= 11 is 12.5. The molecule has 0 unspecified atom stereocenters. The fourth-order valence-electron chi connectivity index (χ4n) is 2.91. The second-order valence-electron chi connectivity index (χ2n) is 5.67. The lowest BCUT2D eigenvalue weighted by Gasteiger charge is -2.17. The van der Waals surface area contributed by atoms with Gasteiger partial charge in [-0.2, -0.15) is 5.26 Å². The molecule has 1 aromatic heterocycles. The zero-order chi connectivity index (χ0) is 18.8. The molecule has 26 heavy (non-hydrogen) atoms. The number of pyridine rings is 1.